The van der Waals surface area contributed by atoms with Crippen LogP contribution >= 0.6 is 0 Å². The zero-order valence-electron chi connectivity index (χ0n) is 12.2. The Morgan fingerprint density at radius 1 is 1.23 bits per heavy atom. The smallest absolute Gasteiger partial charge is 0.236 e. The van der Waals surface area contributed by atoms with Crippen molar-refractivity contribution in [1.82, 2.24) is 14.4 Å². The van der Waals surface area contributed by atoms with Gasteiger partial charge in [0.15, 0.2) is 0 Å². The van der Waals surface area contributed by atoms with Crippen molar-refractivity contribution in [1.29, 1.82) is 0 Å². The largest absolute Gasteiger partial charge is 0.507 e. The lowest BCUT2D eigenvalue weighted by Gasteiger charge is -1.98. The molecule has 22 heavy (non-hydrogen) atoms. The number of nitrogen functional groups attached to an aromatic ring is 1. The van der Waals surface area contributed by atoms with Gasteiger partial charge in [-0.3, -0.25) is 4.40 Å². The Bertz CT molecular complexity index is 887. The van der Waals surface area contributed by atoms with E-state index in [4.69, 9.17) is 5.73 Å². The fraction of sp³-hybridized carbons (Fsp3) is 0.176. The fourth-order valence-corrected chi connectivity index (χ4v) is 2.13. The number of aromatic nitrogens is 3. The highest BCUT2D eigenvalue weighted by Crippen LogP contribution is 2.28. The van der Waals surface area contributed by atoms with Gasteiger partial charge in [-0.05, 0) is 18.6 Å². The van der Waals surface area contributed by atoms with Gasteiger partial charge in [-0.25, -0.2) is 4.98 Å². The lowest BCUT2D eigenvalue weighted by molar-refractivity contribution is 0.477. The number of imidazole rings is 1. The minimum absolute atomic E-state index is 0.182. The summed E-state index contributed by atoms with van der Waals surface area (Å²) in [5.41, 5.74) is 7.91. The Hall–Kier alpha value is -3.00. The van der Waals surface area contributed by atoms with E-state index in [1.165, 1.54) is 0 Å². The van der Waals surface area contributed by atoms with Crippen LogP contribution in [0.4, 0.5) is 5.82 Å². The molecule has 2 heterocycles. The van der Waals surface area contributed by atoms with Gasteiger partial charge in [0, 0.05) is 24.4 Å². The first-order valence-corrected chi connectivity index (χ1v) is 7.11. The predicted octanol–water partition coefficient (Wildman–Crippen LogP) is 2.84. The summed E-state index contributed by atoms with van der Waals surface area (Å²) in [6.45, 7) is 2.08. The van der Waals surface area contributed by atoms with Crippen molar-refractivity contribution in [3.63, 3.8) is 0 Å². The number of phenolic OH excluding ortho intramolecular Hbond substituents is 1. The average molecular weight is 292 g/mol. The third kappa shape index (κ3) is 2.59. The first-order chi connectivity index (χ1) is 10.7. The molecule has 0 unspecified atom stereocenters. The number of anilines is 1. The Morgan fingerprint density at radius 2 is 2.05 bits per heavy atom. The summed E-state index contributed by atoms with van der Waals surface area (Å²) in [5.74, 6) is 7.12. The zero-order valence-corrected chi connectivity index (χ0v) is 12.2. The number of para-hydroxylation sites is 1. The van der Waals surface area contributed by atoms with Crippen molar-refractivity contribution < 1.29 is 5.11 Å². The SMILES string of the molecule is CCCC#Cc1cn2cc(-c3ccccc3O)nc2nc1N. The molecule has 0 saturated carbocycles. The van der Waals surface area contributed by atoms with Gasteiger partial charge in [-0.2, -0.15) is 4.98 Å². The van der Waals surface area contributed by atoms with Gasteiger partial charge in [0.1, 0.15) is 11.6 Å². The van der Waals surface area contributed by atoms with Crippen LogP contribution in [0.1, 0.15) is 25.3 Å². The third-order valence-electron chi connectivity index (χ3n) is 3.26. The summed E-state index contributed by atoms with van der Waals surface area (Å²) in [4.78, 5) is 8.68. The van der Waals surface area contributed by atoms with Crippen LogP contribution in [0, 0.1) is 11.8 Å². The molecule has 0 aliphatic heterocycles. The first-order valence-electron chi connectivity index (χ1n) is 7.11. The second-order valence-electron chi connectivity index (χ2n) is 4.94. The van der Waals surface area contributed by atoms with E-state index in [1.807, 2.05) is 24.5 Å². The van der Waals surface area contributed by atoms with Gasteiger partial charge < -0.3 is 10.8 Å². The van der Waals surface area contributed by atoms with E-state index in [-0.39, 0.29) is 5.75 Å². The maximum atomic E-state index is 9.92. The molecular formula is C17H16N4O. The molecule has 5 nitrogen and oxygen atoms in total. The molecule has 0 bridgehead atoms. The van der Waals surface area contributed by atoms with Gasteiger partial charge in [0.2, 0.25) is 5.78 Å². The van der Waals surface area contributed by atoms with Crippen LogP contribution < -0.4 is 5.73 Å². The fourth-order valence-electron chi connectivity index (χ4n) is 2.13. The number of unbranched alkanes of at least 4 members (excludes halogenated alkanes) is 1. The summed E-state index contributed by atoms with van der Waals surface area (Å²) in [6.07, 6.45) is 5.45. The molecule has 5 heteroatoms. The molecule has 3 aromatic rings. The normalized spacial score (nSPS) is 10.4. The van der Waals surface area contributed by atoms with Crippen LogP contribution in [0.25, 0.3) is 17.0 Å². The van der Waals surface area contributed by atoms with Crippen LogP contribution in [0.15, 0.2) is 36.7 Å². The van der Waals surface area contributed by atoms with Gasteiger partial charge in [0.05, 0.1) is 11.3 Å². The van der Waals surface area contributed by atoms with Crippen molar-refractivity contribution in [2.24, 2.45) is 0 Å². The van der Waals surface area contributed by atoms with E-state index in [0.29, 0.717) is 28.4 Å². The van der Waals surface area contributed by atoms with Crippen LogP contribution in [-0.4, -0.2) is 19.5 Å². The number of hydrogen-bond acceptors (Lipinski definition) is 4. The molecule has 0 aliphatic carbocycles. The average Bonchev–Trinajstić information content (AvgIpc) is 2.90. The summed E-state index contributed by atoms with van der Waals surface area (Å²) in [5, 5.41) is 9.92. The number of nitrogens with zero attached hydrogens (tertiary/aromatic N) is 3. The highest BCUT2D eigenvalue weighted by Gasteiger charge is 2.10. The molecule has 0 saturated heterocycles. The highest BCUT2D eigenvalue weighted by molar-refractivity contribution is 5.68. The first kappa shape index (κ1) is 14.0. The van der Waals surface area contributed by atoms with E-state index in [2.05, 4.69) is 28.7 Å². The third-order valence-corrected chi connectivity index (χ3v) is 3.26. The summed E-state index contributed by atoms with van der Waals surface area (Å²) in [7, 11) is 0. The summed E-state index contributed by atoms with van der Waals surface area (Å²) in [6, 6.07) is 7.06. The topological polar surface area (TPSA) is 76.4 Å². The molecular weight excluding hydrogens is 276 g/mol. The van der Waals surface area contributed by atoms with Crippen LogP contribution in [-0.2, 0) is 0 Å². The number of nitrogens with two attached hydrogens (primary N) is 1. The number of rotatable bonds is 2. The molecule has 0 spiro atoms. The van der Waals surface area contributed by atoms with Gasteiger partial charge >= 0.3 is 0 Å². The number of fused-ring (bicyclic) bond motifs is 1. The molecule has 0 fully saturated rings. The Morgan fingerprint density at radius 3 is 2.82 bits per heavy atom. The van der Waals surface area contributed by atoms with Crippen LogP contribution in [0.3, 0.4) is 0 Å². The molecule has 0 atom stereocenters. The Balaban J connectivity index is 2.08. The summed E-state index contributed by atoms with van der Waals surface area (Å²) >= 11 is 0. The highest BCUT2D eigenvalue weighted by atomic mass is 16.3. The van der Waals surface area contributed by atoms with Gasteiger partial charge in [-0.15, -0.1) is 0 Å². The van der Waals surface area contributed by atoms with Crippen molar-refractivity contribution in [3.05, 3.63) is 42.2 Å². The van der Waals surface area contributed by atoms with E-state index in [9.17, 15) is 5.11 Å². The number of aromatic hydroxyl groups is 1. The number of phenols is 1. The maximum Gasteiger partial charge on any atom is 0.236 e. The van der Waals surface area contributed by atoms with Crippen molar-refractivity contribution in [2.45, 2.75) is 19.8 Å². The standard InChI is InChI=1S/C17H16N4O/c1-2-3-4-7-12-10-21-11-14(19-17(21)20-16(12)18)13-8-5-6-9-15(13)22/h5-6,8-11,22H,2-3H2,1H3,(H2,18,19,20). The second kappa shape index (κ2) is 5.78. The zero-order chi connectivity index (χ0) is 15.5. The molecule has 0 aliphatic rings. The Kier molecular flexibility index (Phi) is 3.67. The molecule has 1 aromatic carbocycles. The minimum atomic E-state index is 0.182. The van der Waals surface area contributed by atoms with Crippen molar-refractivity contribution in [2.75, 3.05) is 5.73 Å². The molecule has 0 radical (unpaired) electrons. The lowest BCUT2D eigenvalue weighted by Crippen LogP contribution is -1.99. The van der Waals surface area contributed by atoms with E-state index in [0.717, 1.165) is 12.8 Å². The quantitative estimate of drug-likeness (QED) is 0.712. The molecule has 3 rings (SSSR count). The Labute approximate surface area is 128 Å². The van der Waals surface area contributed by atoms with E-state index >= 15 is 0 Å². The van der Waals surface area contributed by atoms with Crippen molar-refractivity contribution >= 4 is 11.6 Å². The molecule has 0 amide bonds. The summed E-state index contributed by atoms with van der Waals surface area (Å²) < 4.78 is 1.77. The number of hydrogen-bond donors (Lipinski definition) is 2. The number of benzene rings is 1. The van der Waals surface area contributed by atoms with Crippen molar-refractivity contribution in [3.8, 4) is 28.8 Å². The minimum Gasteiger partial charge on any atom is -0.507 e. The van der Waals surface area contributed by atoms with Gasteiger partial charge in [0.25, 0.3) is 0 Å². The monoisotopic (exact) mass is 292 g/mol. The molecule has 3 N–H and O–H groups in total. The predicted molar refractivity (Wildman–Crippen MR) is 86.3 cm³/mol. The van der Waals surface area contributed by atoms with E-state index < -0.39 is 0 Å². The van der Waals surface area contributed by atoms with Crippen LogP contribution in [0.5, 0.6) is 5.75 Å². The second-order valence-corrected chi connectivity index (χ2v) is 4.94. The van der Waals surface area contributed by atoms with Crippen LogP contribution in [0.2, 0.25) is 0 Å². The molecule has 2 aromatic heterocycles. The van der Waals surface area contributed by atoms with E-state index in [1.54, 1.807) is 16.5 Å². The van der Waals surface area contributed by atoms with Gasteiger partial charge in [-0.1, -0.05) is 30.9 Å². The lowest BCUT2D eigenvalue weighted by atomic mass is 10.1. The molecule has 110 valence electrons. The maximum absolute atomic E-state index is 9.92.